The number of nitrogens with one attached hydrogen (secondary N) is 1. The van der Waals surface area contributed by atoms with E-state index in [1.54, 1.807) is 37.5 Å². The predicted octanol–water partition coefficient (Wildman–Crippen LogP) is 2.37. The molecule has 1 aromatic carbocycles. The molecule has 0 aliphatic rings. The van der Waals surface area contributed by atoms with Crippen molar-refractivity contribution in [2.24, 2.45) is 5.92 Å². The van der Waals surface area contributed by atoms with Gasteiger partial charge in [-0.1, -0.05) is 26.0 Å². The fraction of sp³-hybridized carbons (Fsp3) is 0.333. The van der Waals surface area contributed by atoms with Crippen molar-refractivity contribution in [2.75, 3.05) is 13.7 Å². The lowest BCUT2D eigenvalue weighted by Crippen LogP contribution is -2.28. The first-order valence-electron chi connectivity index (χ1n) is 6.11. The summed E-state index contributed by atoms with van der Waals surface area (Å²) in [5.74, 6) is 0.747. The molecule has 4 heteroatoms. The van der Waals surface area contributed by atoms with Crippen LogP contribution in [-0.4, -0.2) is 19.6 Å². The molecule has 0 aliphatic carbocycles. The summed E-state index contributed by atoms with van der Waals surface area (Å²) < 4.78 is 5.05. The Labute approximate surface area is 113 Å². The number of carbonyl (C=O) groups excluding carboxylic acids is 1. The Morgan fingerprint density at radius 3 is 2.53 bits per heavy atom. The van der Waals surface area contributed by atoms with Crippen molar-refractivity contribution in [2.45, 2.75) is 13.8 Å². The average Bonchev–Trinajstić information content (AvgIpc) is 2.42. The van der Waals surface area contributed by atoms with Crippen LogP contribution in [0, 0.1) is 17.2 Å². The first-order chi connectivity index (χ1) is 9.06. The van der Waals surface area contributed by atoms with E-state index in [4.69, 9.17) is 10.00 Å². The molecule has 0 atom stereocenters. The molecule has 0 saturated heterocycles. The number of hydrogen-bond donors (Lipinski definition) is 1. The lowest BCUT2D eigenvalue weighted by Gasteiger charge is -2.06. The number of ether oxygens (including phenoxy) is 1. The van der Waals surface area contributed by atoms with Crippen LogP contribution in [0.1, 0.15) is 19.4 Å². The number of amides is 1. The summed E-state index contributed by atoms with van der Waals surface area (Å²) in [6, 6.07) is 9.08. The van der Waals surface area contributed by atoms with E-state index in [1.807, 2.05) is 19.9 Å². The van der Waals surface area contributed by atoms with Crippen LogP contribution in [0.5, 0.6) is 5.75 Å². The van der Waals surface area contributed by atoms with E-state index in [1.165, 1.54) is 0 Å². The maximum Gasteiger partial charge on any atom is 0.261 e. The summed E-state index contributed by atoms with van der Waals surface area (Å²) in [5, 5.41) is 11.7. The SMILES string of the molecule is COc1ccc(/C=C(\C#N)C(=O)NCC(C)C)cc1. The van der Waals surface area contributed by atoms with Crippen LogP contribution in [0.25, 0.3) is 6.08 Å². The molecule has 19 heavy (non-hydrogen) atoms. The molecule has 4 nitrogen and oxygen atoms in total. The Bertz CT molecular complexity index is 496. The van der Waals surface area contributed by atoms with Crippen molar-refractivity contribution in [3.8, 4) is 11.8 Å². The van der Waals surface area contributed by atoms with Crippen molar-refractivity contribution in [1.29, 1.82) is 5.26 Å². The summed E-state index contributed by atoms with van der Waals surface area (Å²) in [5.41, 5.74) is 0.892. The third-order valence-electron chi connectivity index (χ3n) is 2.46. The molecule has 0 bridgehead atoms. The summed E-state index contributed by atoms with van der Waals surface area (Å²) >= 11 is 0. The smallest absolute Gasteiger partial charge is 0.261 e. The van der Waals surface area contributed by atoms with Crippen molar-refractivity contribution < 1.29 is 9.53 Å². The van der Waals surface area contributed by atoms with Crippen molar-refractivity contribution in [3.05, 3.63) is 35.4 Å². The summed E-state index contributed by atoms with van der Waals surface area (Å²) in [6.07, 6.45) is 1.56. The van der Waals surface area contributed by atoms with E-state index in [0.29, 0.717) is 12.5 Å². The van der Waals surface area contributed by atoms with Crippen LogP contribution in [0.4, 0.5) is 0 Å². The maximum absolute atomic E-state index is 11.8. The van der Waals surface area contributed by atoms with Crippen molar-refractivity contribution in [1.82, 2.24) is 5.32 Å². The molecule has 0 aliphatic heterocycles. The summed E-state index contributed by atoms with van der Waals surface area (Å²) in [6.45, 7) is 4.56. The zero-order valence-corrected chi connectivity index (χ0v) is 11.4. The topological polar surface area (TPSA) is 62.1 Å². The van der Waals surface area contributed by atoms with E-state index in [0.717, 1.165) is 11.3 Å². The standard InChI is InChI=1S/C15H18N2O2/c1-11(2)10-17-15(18)13(9-16)8-12-4-6-14(19-3)7-5-12/h4-8,11H,10H2,1-3H3,(H,17,18)/b13-8+. The third kappa shape index (κ3) is 4.84. The van der Waals surface area contributed by atoms with Crippen LogP contribution in [0.3, 0.4) is 0 Å². The predicted molar refractivity (Wildman–Crippen MR) is 74.4 cm³/mol. The average molecular weight is 258 g/mol. The van der Waals surface area contributed by atoms with Crippen LogP contribution < -0.4 is 10.1 Å². The maximum atomic E-state index is 11.8. The van der Waals surface area contributed by atoms with Gasteiger partial charge in [0, 0.05) is 6.54 Å². The van der Waals surface area contributed by atoms with Crippen molar-refractivity contribution >= 4 is 12.0 Å². The molecule has 100 valence electrons. The van der Waals surface area contributed by atoms with E-state index >= 15 is 0 Å². The molecule has 0 spiro atoms. The Morgan fingerprint density at radius 2 is 2.05 bits per heavy atom. The van der Waals surface area contributed by atoms with Gasteiger partial charge in [-0.05, 0) is 29.7 Å². The minimum Gasteiger partial charge on any atom is -0.497 e. The quantitative estimate of drug-likeness (QED) is 0.651. The van der Waals surface area contributed by atoms with Gasteiger partial charge in [0.2, 0.25) is 0 Å². The molecule has 0 unspecified atom stereocenters. The van der Waals surface area contributed by atoms with Gasteiger partial charge in [-0.2, -0.15) is 5.26 Å². The molecule has 1 N–H and O–H groups in total. The highest BCUT2D eigenvalue weighted by Gasteiger charge is 2.08. The highest BCUT2D eigenvalue weighted by atomic mass is 16.5. The molecule has 0 radical (unpaired) electrons. The molecule has 1 amide bonds. The molecule has 0 aromatic heterocycles. The minimum atomic E-state index is -0.341. The summed E-state index contributed by atoms with van der Waals surface area (Å²) in [4.78, 5) is 11.8. The summed E-state index contributed by atoms with van der Waals surface area (Å²) in [7, 11) is 1.59. The zero-order chi connectivity index (χ0) is 14.3. The lowest BCUT2D eigenvalue weighted by atomic mass is 10.1. The molecule has 0 fully saturated rings. The van der Waals surface area contributed by atoms with Gasteiger partial charge < -0.3 is 10.1 Å². The van der Waals surface area contributed by atoms with Crippen LogP contribution in [0.2, 0.25) is 0 Å². The first-order valence-corrected chi connectivity index (χ1v) is 6.11. The molecule has 0 saturated carbocycles. The van der Waals surface area contributed by atoms with Gasteiger partial charge in [0.25, 0.3) is 5.91 Å². The Morgan fingerprint density at radius 1 is 1.42 bits per heavy atom. The van der Waals surface area contributed by atoms with Crippen LogP contribution >= 0.6 is 0 Å². The second-order valence-corrected chi connectivity index (χ2v) is 4.55. The first kappa shape index (κ1) is 14.8. The molecule has 0 heterocycles. The third-order valence-corrected chi connectivity index (χ3v) is 2.46. The number of methoxy groups -OCH3 is 1. The fourth-order valence-corrected chi connectivity index (χ4v) is 1.41. The van der Waals surface area contributed by atoms with Crippen molar-refractivity contribution in [3.63, 3.8) is 0 Å². The van der Waals surface area contributed by atoms with Gasteiger partial charge in [-0.25, -0.2) is 0 Å². The lowest BCUT2D eigenvalue weighted by molar-refractivity contribution is -0.117. The number of hydrogen-bond acceptors (Lipinski definition) is 3. The Hall–Kier alpha value is -2.28. The van der Waals surface area contributed by atoms with Crippen LogP contribution in [0.15, 0.2) is 29.8 Å². The van der Waals surface area contributed by atoms with E-state index < -0.39 is 0 Å². The number of rotatable bonds is 5. The van der Waals surface area contributed by atoms with Gasteiger partial charge in [-0.15, -0.1) is 0 Å². The zero-order valence-electron chi connectivity index (χ0n) is 11.4. The monoisotopic (exact) mass is 258 g/mol. The second-order valence-electron chi connectivity index (χ2n) is 4.55. The number of nitriles is 1. The van der Waals surface area contributed by atoms with E-state index in [-0.39, 0.29) is 11.5 Å². The number of nitrogens with zero attached hydrogens (tertiary/aromatic N) is 1. The highest BCUT2D eigenvalue weighted by Crippen LogP contribution is 2.13. The number of carbonyl (C=O) groups is 1. The van der Waals surface area contributed by atoms with Crippen LogP contribution in [-0.2, 0) is 4.79 Å². The van der Waals surface area contributed by atoms with Gasteiger partial charge in [0.15, 0.2) is 0 Å². The minimum absolute atomic E-state index is 0.103. The normalized spacial score (nSPS) is 11.0. The van der Waals surface area contributed by atoms with E-state index in [9.17, 15) is 4.79 Å². The number of benzene rings is 1. The van der Waals surface area contributed by atoms with Gasteiger partial charge in [0.05, 0.1) is 7.11 Å². The van der Waals surface area contributed by atoms with Gasteiger partial charge in [-0.3, -0.25) is 4.79 Å². The van der Waals surface area contributed by atoms with E-state index in [2.05, 4.69) is 5.32 Å². The Kier molecular flexibility index (Phi) is 5.62. The second kappa shape index (κ2) is 7.22. The Balaban J connectivity index is 2.80. The van der Waals surface area contributed by atoms with Gasteiger partial charge >= 0.3 is 0 Å². The fourth-order valence-electron chi connectivity index (χ4n) is 1.41. The van der Waals surface area contributed by atoms with Gasteiger partial charge in [0.1, 0.15) is 17.4 Å². The molecular formula is C15H18N2O2. The molecule has 1 aromatic rings. The highest BCUT2D eigenvalue weighted by molar-refractivity contribution is 6.01. The largest absolute Gasteiger partial charge is 0.497 e. The molecular weight excluding hydrogens is 240 g/mol. The molecule has 1 rings (SSSR count).